The standard InChI is InChI=1S/C21H18O7/c1-11(2)5-8-16(28-21(26)17-4-3-9-27-17)12-10-15(24)18-13(22)6-7-14(23)19(18)20(12)25/h3-7,9-10,16,22-23H,8H2,1-2H3. The maximum absolute atomic E-state index is 13.0. The van der Waals surface area contributed by atoms with Crippen LogP contribution in [0.1, 0.15) is 51.5 Å². The number of carbonyl (C=O) groups excluding carboxylic acids is 3. The smallest absolute Gasteiger partial charge is 0.374 e. The van der Waals surface area contributed by atoms with Crippen LogP contribution in [0.25, 0.3) is 0 Å². The molecule has 144 valence electrons. The molecule has 1 aliphatic carbocycles. The lowest BCUT2D eigenvalue weighted by atomic mass is 9.85. The zero-order valence-electron chi connectivity index (χ0n) is 15.3. The summed E-state index contributed by atoms with van der Waals surface area (Å²) in [7, 11) is 0. The Hall–Kier alpha value is -3.61. The molecule has 0 aliphatic heterocycles. The summed E-state index contributed by atoms with van der Waals surface area (Å²) in [5, 5.41) is 20.0. The van der Waals surface area contributed by atoms with Crippen LogP contribution in [-0.2, 0) is 4.74 Å². The fourth-order valence-electron chi connectivity index (χ4n) is 2.89. The number of Topliss-reactive ketones (excluding diaryl/α,β-unsaturated/α-hetero) is 1. The van der Waals surface area contributed by atoms with Crippen molar-refractivity contribution in [2.45, 2.75) is 26.4 Å². The number of hydrogen-bond donors (Lipinski definition) is 2. The first-order chi connectivity index (χ1) is 13.3. The van der Waals surface area contributed by atoms with Crippen molar-refractivity contribution in [1.82, 2.24) is 0 Å². The van der Waals surface area contributed by atoms with Gasteiger partial charge in [0.05, 0.1) is 17.4 Å². The number of esters is 1. The van der Waals surface area contributed by atoms with Gasteiger partial charge in [0.25, 0.3) is 0 Å². The molecule has 0 bridgehead atoms. The maximum atomic E-state index is 13.0. The fourth-order valence-corrected chi connectivity index (χ4v) is 2.89. The van der Waals surface area contributed by atoms with Crippen LogP contribution in [0.4, 0.5) is 0 Å². The number of ether oxygens (including phenoxy) is 1. The Morgan fingerprint density at radius 1 is 1.14 bits per heavy atom. The minimum atomic E-state index is -1.07. The third kappa shape index (κ3) is 3.59. The molecule has 28 heavy (non-hydrogen) atoms. The highest BCUT2D eigenvalue weighted by molar-refractivity contribution is 6.27. The average molecular weight is 382 g/mol. The second-order valence-electron chi connectivity index (χ2n) is 6.54. The summed E-state index contributed by atoms with van der Waals surface area (Å²) in [5.74, 6) is -3.02. The molecule has 0 radical (unpaired) electrons. The summed E-state index contributed by atoms with van der Waals surface area (Å²) in [4.78, 5) is 37.8. The average Bonchev–Trinajstić information content (AvgIpc) is 3.18. The number of ketones is 2. The Labute approximate surface area is 160 Å². The van der Waals surface area contributed by atoms with Gasteiger partial charge in [0.1, 0.15) is 17.6 Å². The van der Waals surface area contributed by atoms with Gasteiger partial charge >= 0.3 is 5.97 Å². The normalized spacial score (nSPS) is 14.1. The molecule has 1 aromatic carbocycles. The second-order valence-corrected chi connectivity index (χ2v) is 6.54. The van der Waals surface area contributed by atoms with Crippen LogP contribution in [0.15, 0.2) is 58.2 Å². The number of carbonyl (C=O) groups is 3. The highest BCUT2D eigenvalue weighted by atomic mass is 16.6. The van der Waals surface area contributed by atoms with Crippen LogP contribution in [0.2, 0.25) is 0 Å². The van der Waals surface area contributed by atoms with Crippen molar-refractivity contribution in [3.63, 3.8) is 0 Å². The minimum absolute atomic E-state index is 0.0433. The van der Waals surface area contributed by atoms with Crippen molar-refractivity contribution in [3.05, 3.63) is 70.7 Å². The number of allylic oxidation sites excluding steroid dienone is 2. The molecule has 1 aliphatic rings. The summed E-state index contributed by atoms with van der Waals surface area (Å²) >= 11 is 0. The molecule has 2 N–H and O–H groups in total. The van der Waals surface area contributed by atoms with Crippen molar-refractivity contribution in [1.29, 1.82) is 0 Å². The third-order valence-electron chi connectivity index (χ3n) is 4.24. The molecule has 7 nitrogen and oxygen atoms in total. The molecule has 0 saturated carbocycles. The number of furan rings is 1. The number of phenols is 2. The molecule has 7 heteroatoms. The molecule has 1 unspecified atom stereocenters. The van der Waals surface area contributed by atoms with E-state index in [2.05, 4.69) is 0 Å². The number of rotatable bonds is 5. The van der Waals surface area contributed by atoms with Crippen LogP contribution in [0.3, 0.4) is 0 Å². The first-order valence-corrected chi connectivity index (χ1v) is 8.53. The number of fused-ring (bicyclic) bond motifs is 1. The van der Waals surface area contributed by atoms with E-state index in [1.807, 2.05) is 13.8 Å². The lowest BCUT2D eigenvalue weighted by Gasteiger charge is -2.23. The van der Waals surface area contributed by atoms with Crippen molar-refractivity contribution in [3.8, 4) is 11.5 Å². The van der Waals surface area contributed by atoms with Crippen LogP contribution >= 0.6 is 0 Å². The van der Waals surface area contributed by atoms with Crippen molar-refractivity contribution in [2.24, 2.45) is 0 Å². The Morgan fingerprint density at radius 3 is 2.43 bits per heavy atom. The van der Waals surface area contributed by atoms with Crippen LogP contribution in [0, 0.1) is 0 Å². The van der Waals surface area contributed by atoms with Gasteiger partial charge in [-0.3, -0.25) is 9.59 Å². The fraction of sp³-hybridized carbons (Fsp3) is 0.190. The van der Waals surface area contributed by atoms with E-state index < -0.39 is 35.1 Å². The van der Waals surface area contributed by atoms with E-state index in [1.54, 1.807) is 6.08 Å². The van der Waals surface area contributed by atoms with E-state index in [0.29, 0.717) is 0 Å². The van der Waals surface area contributed by atoms with Gasteiger partial charge in [-0.15, -0.1) is 0 Å². The molecule has 2 aromatic rings. The Balaban J connectivity index is 2.01. The van der Waals surface area contributed by atoms with Gasteiger partial charge in [0.15, 0.2) is 11.6 Å². The summed E-state index contributed by atoms with van der Waals surface area (Å²) in [6.45, 7) is 3.68. The van der Waals surface area contributed by atoms with E-state index >= 15 is 0 Å². The first kappa shape index (κ1) is 19.2. The lowest BCUT2D eigenvalue weighted by Crippen LogP contribution is -2.29. The predicted molar refractivity (Wildman–Crippen MR) is 98.5 cm³/mol. The highest BCUT2D eigenvalue weighted by Crippen LogP contribution is 2.36. The molecule has 0 saturated heterocycles. The van der Waals surface area contributed by atoms with Crippen molar-refractivity contribution in [2.75, 3.05) is 0 Å². The zero-order valence-corrected chi connectivity index (χ0v) is 15.3. The molecular weight excluding hydrogens is 364 g/mol. The summed E-state index contributed by atoms with van der Waals surface area (Å²) < 4.78 is 10.4. The van der Waals surface area contributed by atoms with Gasteiger partial charge in [-0.25, -0.2) is 4.79 Å². The van der Waals surface area contributed by atoms with Gasteiger partial charge in [0, 0.05) is 12.0 Å². The monoisotopic (exact) mass is 382 g/mol. The first-order valence-electron chi connectivity index (χ1n) is 8.53. The summed E-state index contributed by atoms with van der Waals surface area (Å²) in [6, 6.07) is 5.20. The molecule has 0 amide bonds. The van der Waals surface area contributed by atoms with Gasteiger partial charge in [-0.1, -0.05) is 11.6 Å². The highest BCUT2D eigenvalue weighted by Gasteiger charge is 2.36. The quantitative estimate of drug-likeness (QED) is 0.461. The van der Waals surface area contributed by atoms with Crippen LogP contribution in [-0.4, -0.2) is 33.9 Å². The Morgan fingerprint density at radius 2 is 1.82 bits per heavy atom. The number of hydrogen-bond acceptors (Lipinski definition) is 7. The third-order valence-corrected chi connectivity index (χ3v) is 4.24. The SMILES string of the molecule is CC(C)=CCC(OC(=O)c1ccco1)C1=CC(=O)c2c(O)ccc(O)c2C1=O. The molecule has 3 rings (SSSR count). The zero-order chi connectivity index (χ0) is 20.4. The lowest BCUT2D eigenvalue weighted by molar-refractivity contribution is 0.0337. The Kier molecular flexibility index (Phi) is 5.17. The molecule has 0 spiro atoms. The minimum Gasteiger partial charge on any atom is -0.507 e. The van der Waals surface area contributed by atoms with E-state index in [-0.39, 0.29) is 28.9 Å². The molecule has 1 aromatic heterocycles. The van der Waals surface area contributed by atoms with Crippen LogP contribution < -0.4 is 0 Å². The van der Waals surface area contributed by atoms with Crippen LogP contribution in [0.5, 0.6) is 11.5 Å². The summed E-state index contributed by atoms with van der Waals surface area (Å²) in [5.41, 5.74) is 0.261. The molecule has 0 fully saturated rings. The van der Waals surface area contributed by atoms with Crippen molar-refractivity contribution >= 4 is 17.5 Å². The van der Waals surface area contributed by atoms with E-state index in [4.69, 9.17) is 9.15 Å². The topological polar surface area (TPSA) is 114 Å². The van der Waals surface area contributed by atoms with Gasteiger partial charge < -0.3 is 19.4 Å². The van der Waals surface area contributed by atoms with Gasteiger partial charge in [-0.2, -0.15) is 0 Å². The van der Waals surface area contributed by atoms with Gasteiger partial charge in [-0.05, 0) is 44.2 Å². The maximum Gasteiger partial charge on any atom is 0.374 e. The number of benzene rings is 1. The molecule has 1 heterocycles. The summed E-state index contributed by atoms with van der Waals surface area (Å²) in [6.07, 6.45) is 3.18. The van der Waals surface area contributed by atoms with E-state index in [0.717, 1.165) is 23.8 Å². The number of phenolic OH excluding ortho intramolecular Hbond substituents is 2. The largest absolute Gasteiger partial charge is 0.507 e. The number of aromatic hydroxyl groups is 2. The van der Waals surface area contributed by atoms with Crippen molar-refractivity contribution < 1.29 is 33.8 Å². The Bertz CT molecular complexity index is 1010. The van der Waals surface area contributed by atoms with E-state index in [1.165, 1.54) is 18.4 Å². The molecule has 1 atom stereocenters. The molecular formula is C21H18O7. The second kappa shape index (κ2) is 7.56. The van der Waals surface area contributed by atoms with Gasteiger partial charge in [0.2, 0.25) is 5.76 Å². The predicted octanol–water partition coefficient (Wildman–Crippen LogP) is 3.58. The van der Waals surface area contributed by atoms with E-state index in [9.17, 15) is 24.6 Å².